The SMILES string of the molecule is Cc1nn(CC(=O)NN=Cc2c(C)nn(C)c2F)cc1Br. The second kappa shape index (κ2) is 6.17. The van der Waals surface area contributed by atoms with Crippen molar-refractivity contribution in [1.82, 2.24) is 25.0 Å². The van der Waals surface area contributed by atoms with Crippen molar-refractivity contribution >= 4 is 28.1 Å². The van der Waals surface area contributed by atoms with Crippen molar-refractivity contribution in [3.8, 4) is 0 Å². The van der Waals surface area contributed by atoms with E-state index in [1.54, 1.807) is 13.1 Å². The van der Waals surface area contributed by atoms with E-state index in [1.807, 2.05) is 6.92 Å². The number of hydrogen-bond donors (Lipinski definition) is 1. The minimum absolute atomic E-state index is 0.0261. The normalized spacial score (nSPS) is 11.3. The molecule has 0 saturated carbocycles. The van der Waals surface area contributed by atoms with Crippen LogP contribution in [0.25, 0.3) is 0 Å². The number of carbonyl (C=O) groups excluding carboxylic acids is 1. The Balaban J connectivity index is 1.96. The molecule has 0 atom stereocenters. The molecule has 7 nitrogen and oxygen atoms in total. The van der Waals surface area contributed by atoms with Crippen molar-refractivity contribution in [1.29, 1.82) is 0 Å². The number of hydrazone groups is 1. The zero-order valence-corrected chi connectivity index (χ0v) is 13.3. The molecular formula is C12H14BrFN6O. The van der Waals surface area contributed by atoms with Crippen molar-refractivity contribution < 1.29 is 9.18 Å². The van der Waals surface area contributed by atoms with Gasteiger partial charge in [0.2, 0.25) is 5.95 Å². The van der Waals surface area contributed by atoms with Crippen LogP contribution in [0.3, 0.4) is 0 Å². The van der Waals surface area contributed by atoms with Crippen molar-refractivity contribution in [3.05, 3.63) is 33.6 Å². The molecule has 0 radical (unpaired) electrons. The van der Waals surface area contributed by atoms with Crippen molar-refractivity contribution in [3.63, 3.8) is 0 Å². The Morgan fingerprint density at radius 1 is 1.48 bits per heavy atom. The molecule has 0 aliphatic rings. The third-order valence-corrected chi connectivity index (χ3v) is 3.55. The fourth-order valence-electron chi connectivity index (χ4n) is 1.72. The lowest BCUT2D eigenvalue weighted by Gasteiger charge is -1.99. The van der Waals surface area contributed by atoms with E-state index in [9.17, 15) is 9.18 Å². The molecular weight excluding hydrogens is 343 g/mol. The summed E-state index contributed by atoms with van der Waals surface area (Å²) >= 11 is 3.31. The number of amides is 1. The number of hydrogen-bond acceptors (Lipinski definition) is 4. The highest BCUT2D eigenvalue weighted by atomic mass is 79.9. The van der Waals surface area contributed by atoms with Crippen LogP contribution in [0.4, 0.5) is 4.39 Å². The van der Waals surface area contributed by atoms with Crippen LogP contribution in [-0.4, -0.2) is 31.7 Å². The Bertz CT molecular complexity index is 685. The number of aromatic nitrogens is 4. The molecule has 2 heterocycles. The highest BCUT2D eigenvalue weighted by Gasteiger charge is 2.10. The van der Waals surface area contributed by atoms with Gasteiger partial charge in [0.05, 0.1) is 27.6 Å². The van der Waals surface area contributed by atoms with Crippen LogP contribution in [0.1, 0.15) is 17.0 Å². The maximum atomic E-state index is 13.6. The Hall–Kier alpha value is -2.03. The summed E-state index contributed by atoms with van der Waals surface area (Å²) in [5.74, 6) is -0.861. The lowest BCUT2D eigenvalue weighted by Crippen LogP contribution is -2.23. The van der Waals surface area contributed by atoms with Gasteiger partial charge in [0.25, 0.3) is 5.91 Å². The maximum absolute atomic E-state index is 13.6. The lowest BCUT2D eigenvalue weighted by atomic mass is 10.3. The number of halogens is 2. The van der Waals surface area contributed by atoms with Gasteiger partial charge in [0, 0.05) is 13.2 Å². The molecule has 2 rings (SSSR count). The third kappa shape index (κ3) is 3.54. The molecule has 0 aliphatic heterocycles. The Morgan fingerprint density at radius 3 is 2.71 bits per heavy atom. The molecule has 1 N–H and O–H groups in total. The smallest absolute Gasteiger partial charge is 0.261 e. The first-order chi connectivity index (χ1) is 9.88. The number of nitrogens with zero attached hydrogens (tertiary/aromatic N) is 5. The van der Waals surface area contributed by atoms with E-state index in [2.05, 4.69) is 36.7 Å². The minimum Gasteiger partial charge on any atom is -0.271 e. The number of rotatable bonds is 4. The zero-order valence-electron chi connectivity index (χ0n) is 11.8. The van der Waals surface area contributed by atoms with Gasteiger partial charge in [-0.2, -0.15) is 19.7 Å². The van der Waals surface area contributed by atoms with Crippen molar-refractivity contribution in [2.45, 2.75) is 20.4 Å². The molecule has 0 saturated heterocycles. The monoisotopic (exact) mass is 356 g/mol. The molecule has 112 valence electrons. The van der Waals surface area contributed by atoms with Gasteiger partial charge in [0.15, 0.2) is 0 Å². The van der Waals surface area contributed by atoms with E-state index < -0.39 is 5.95 Å². The predicted octanol–water partition coefficient (Wildman–Crippen LogP) is 1.29. The van der Waals surface area contributed by atoms with E-state index in [0.717, 1.165) is 14.8 Å². The fourth-order valence-corrected chi connectivity index (χ4v) is 2.03. The van der Waals surface area contributed by atoms with E-state index in [4.69, 9.17) is 0 Å². The summed E-state index contributed by atoms with van der Waals surface area (Å²) in [5.41, 5.74) is 3.86. The van der Waals surface area contributed by atoms with Crippen LogP contribution in [0.2, 0.25) is 0 Å². The first-order valence-corrected chi connectivity index (χ1v) is 6.88. The minimum atomic E-state index is -0.503. The summed E-state index contributed by atoms with van der Waals surface area (Å²) in [6, 6.07) is 0. The van der Waals surface area contributed by atoms with Gasteiger partial charge in [-0.3, -0.25) is 9.48 Å². The topological polar surface area (TPSA) is 77.1 Å². The number of carbonyl (C=O) groups is 1. The fraction of sp³-hybridized carbons (Fsp3) is 0.333. The molecule has 0 aromatic carbocycles. The first-order valence-electron chi connectivity index (χ1n) is 6.09. The zero-order chi connectivity index (χ0) is 15.6. The molecule has 0 bridgehead atoms. The van der Waals surface area contributed by atoms with Gasteiger partial charge in [-0.15, -0.1) is 0 Å². The van der Waals surface area contributed by atoms with Crippen LogP contribution in [0.5, 0.6) is 0 Å². The standard InChI is InChI=1S/C12H14BrFN6O/c1-7-9(12(14)19(3)17-7)4-15-16-11(21)6-20-5-10(13)8(2)18-20/h4-5H,6H2,1-3H3,(H,16,21). The Morgan fingerprint density at radius 2 is 2.19 bits per heavy atom. The van der Waals surface area contributed by atoms with Gasteiger partial charge in [0.1, 0.15) is 6.54 Å². The average Bonchev–Trinajstić information content (AvgIpc) is 2.83. The summed E-state index contributed by atoms with van der Waals surface area (Å²) in [6.07, 6.45) is 2.93. The van der Waals surface area contributed by atoms with E-state index in [0.29, 0.717) is 5.69 Å². The second-order valence-corrected chi connectivity index (χ2v) is 5.32. The van der Waals surface area contributed by atoms with E-state index in [-0.39, 0.29) is 18.0 Å². The Labute approximate surface area is 129 Å². The summed E-state index contributed by atoms with van der Waals surface area (Å²) < 4.78 is 17.0. The molecule has 2 aromatic rings. The van der Waals surface area contributed by atoms with Gasteiger partial charge in [-0.05, 0) is 29.8 Å². The van der Waals surface area contributed by atoms with Crippen molar-refractivity contribution in [2.75, 3.05) is 0 Å². The van der Waals surface area contributed by atoms with Crippen molar-refractivity contribution in [2.24, 2.45) is 12.1 Å². The number of nitrogens with one attached hydrogen (secondary N) is 1. The molecule has 0 fully saturated rings. The molecule has 9 heteroatoms. The highest BCUT2D eigenvalue weighted by molar-refractivity contribution is 9.10. The third-order valence-electron chi connectivity index (χ3n) is 2.77. The summed E-state index contributed by atoms with van der Waals surface area (Å²) in [5, 5.41) is 11.8. The van der Waals surface area contributed by atoms with Crippen LogP contribution < -0.4 is 5.43 Å². The van der Waals surface area contributed by atoms with Gasteiger partial charge in [-0.1, -0.05) is 0 Å². The molecule has 2 aromatic heterocycles. The summed E-state index contributed by atoms with van der Waals surface area (Å²) in [4.78, 5) is 11.7. The Kier molecular flexibility index (Phi) is 4.51. The van der Waals surface area contributed by atoms with Crippen LogP contribution >= 0.6 is 15.9 Å². The van der Waals surface area contributed by atoms with Crippen LogP contribution in [0, 0.1) is 19.8 Å². The maximum Gasteiger partial charge on any atom is 0.261 e. The van der Waals surface area contributed by atoms with Gasteiger partial charge >= 0.3 is 0 Å². The van der Waals surface area contributed by atoms with Crippen LogP contribution in [0.15, 0.2) is 15.8 Å². The average molecular weight is 357 g/mol. The first kappa shape index (κ1) is 15.4. The molecule has 1 amide bonds. The molecule has 0 aliphatic carbocycles. The summed E-state index contributed by atoms with van der Waals surface area (Å²) in [7, 11) is 1.50. The second-order valence-electron chi connectivity index (χ2n) is 4.47. The predicted molar refractivity (Wildman–Crippen MR) is 78.3 cm³/mol. The van der Waals surface area contributed by atoms with Gasteiger partial charge < -0.3 is 0 Å². The molecule has 0 spiro atoms. The quantitative estimate of drug-likeness (QED) is 0.662. The molecule has 0 unspecified atom stereocenters. The number of aryl methyl sites for hydroxylation is 3. The van der Waals surface area contributed by atoms with Crippen LogP contribution in [-0.2, 0) is 18.4 Å². The van der Waals surface area contributed by atoms with E-state index in [1.165, 1.54) is 17.9 Å². The van der Waals surface area contributed by atoms with E-state index >= 15 is 0 Å². The largest absolute Gasteiger partial charge is 0.271 e. The lowest BCUT2D eigenvalue weighted by molar-refractivity contribution is -0.121. The highest BCUT2D eigenvalue weighted by Crippen LogP contribution is 2.12. The molecule has 21 heavy (non-hydrogen) atoms. The summed E-state index contributed by atoms with van der Waals surface area (Å²) in [6.45, 7) is 3.51. The van der Waals surface area contributed by atoms with Gasteiger partial charge in [-0.25, -0.2) is 10.1 Å².